The third-order valence-corrected chi connectivity index (χ3v) is 10.4. The molecule has 0 aliphatic heterocycles. The van der Waals surface area contributed by atoms with E-state index in [0.29, 0.717) is 13.2 Å². The maximum Gasteiger partial charge on any atom is 0.472 e. The number of unbranched alkanes of at least 4 members (excludes halogenated alkanes) is 10. The molecule has 6 atom stereocenters. The Morgan fingerprint density at radius 1 is 0.571 bits per heavy atom. The molecule has 2 rings (SSSR count). The monoisotopic (exact) mass is 710 g/mol. The fourth-order valence-electron chi connectivity index (χ4n) is 6.23. The van der Waals surface area contributed by atoms with Gasteiger partial charge in [0.05, 0.1) is 62.0 Å². The minimum Gasteiger partial charge on any atom is -0.373 e. The Bertz CT molecular complexity index is 952. The maximum atomic E-state index is 12.8. The average Bonchev–Trinajstić information content (AvgIpc) is 3.08. The highest BCUT2D eigenvalue weighted by atomic mass is 31.2. The van der Waals surface area contributed by atoms with Crippen LogP contribution in [0.1, 0.15) is 144 Å². The summed E-state index contributed by atoms with van der Waals surface area (Å²) < 4.78 is 48.3. The number of phosphoric acid groups is 1. The summed E-state index contributed by atoms with van der Waals surface area (Å²) in [5, 5.41) is 0. The standard InChI is InChI=1S/C40H71O8P/c1-7-9-11-13-15-19-25-39(27-21-17-22-28-39)45-33-35(3)43-31-37(5)47-49(41,42)48-38(6)32-44-36(4)34-46-40(29-23-18-24-30-40)26-20-16-14-12-10-8-2/h17-18,21-24,27,29,35-38H,7-16,19-20,25-26,28,30-34H2,1-6H3,(H,41,42). The van der Waals surface area contributed by atoms with Crippen LogP contribution in [0, 0.1) is 0 Å². The SMILES string of the molecule is CCCCCCCCC1(OCC(C)OCC(C)OP(=O)(O)OC(C)COC(C)COC2(CCCCCCCC)C=CC=CC2)C=CC=CC1. The number of rotatable bonds is 30. The normalized spacial score (nSPS) is 24.1. The molecule has 0 aromatic rings. The van der Waals surface area contributed by atoms with E-state index in [4.69, 9.17) is 28.0 Å². The number of allylic oxidation sites excluding steroid dienone is 4. The highest BCUT2D eigenvalue weighted by Crippen LogP contribution is 2.46. The first-order chi connectivity index (χ1) is 23.5. The van der Waals surface area contributed by atoms with Gasteiger partial charge in [0, 0.05) is 0 Å². The van der Waals surface area contributed by atoms with Crippen LogP contribution in [-0.4, -0.2) is 66.9 Å². The molecule has 0 fully saturated rings. The minimum absolute atomic E-state index is 0.141. The number of hydrogen-bond donors (Lipinski definition) is 1. The maximum absolute atomic E-state index is 12.8. The topological polar surface area (TPSA) is 92.7 Å². The van der Waals surface area contributed by atoms with Crippen LogP contribution in [0.5, 0.6) is 0 Å². The zero-order valence-electron chi connectivity index (χ0n) is 31.8. The van der Waals surface area contributed by atoms with Crippen LogP contribution >= 0.6 is 7.82 Å². The summed E-state index contributed by atoms with van der Waals surface area (Å²) in [5.41, 5.74) is -0.593. The molecule has 0 aromatic carbocycles. The van der Waals surface area contributed by atoms with Crippen LogP contribution in [-0.2, 0) is 32.6 Å². The molecular formula is C40H71O8P. The van der Waals surface area contributed by atoms with E-state index in [0.717, 1.165) is 38.5 Å². The van der Waals surface area contributed by atoms with Crippen molar-refractivity contribution in [1.29, 1.82) is 0 Å². The van der Waals surface area contributed by atoms with E-state index in [1.165, 1.54) is 64.2 Å². The van der Waals surface area contributed by atoms with Crippen LogP contribution in [0.2, 0.25) is 0 Å². The van der Waals surface area contributed by atoms with Gasteiger partial charge >= 0.3 is 7.82 Å². The minimum atomic E-state index is -4.32. The van der Waals surface area contributed by atoms with Crippen molar-refractivity contribution in [2.75, 3.05) is 26.4 Å². The summed E-state index contributed by atoms with van der Waals surface area (Å²) in [4.78, 5) is 10.4. The van der Waals surface area contributed by atoms with Gasteiger partial charge in [-0.2, -0.15) is 0 Å². The molecule has 6 unspecified atom stereocenters. The average molecular weight is 711 g/mol. The Morgan fingerprint density at radius 2 is 0.959 bits per heavy atom. The fraction of sp³-hybridized carbons (Fsp3) is 0.800. The molecular weight excluding hydrogens is 639 g/mol. The quantitative estimate of drug-likeness (QED) is 0.0582. The molecule has 8 nitrogen and oxygen atoms in total. The van der Waals surface area contributed by atoms with E-state index in [1.54, 1.807) is 13.8 Å². The summed E-state index contributed by atoms with van der Waals surface area (Å²) in [6.07, 6.45) is 33.9. The van der Waals surface area contributed by atoms with Crippen molar-refractivity contribution < 1.29 is 37.5 Å². The van der Waals surface area contributed by atoms with E-state index in [1.807, 2.05) is 13.8 Å². The van der Waals surface area contributed by atoms with Crippen molar-refractivity contribution in [3.63, 3.8) is 0 Å². The molecule has 0 radical (unpaired) electrons. The van der Waals surface area contributed by atoms with Crippen molar-refractivity contribution in [2.45, 2.75) is 180 Å². The highest BCUT2D eigenvalue weighted by Gasteiger charge is 2.31. The molecule has 0 saturated carbocycles. The van der Waals surface area contributed by atoms with Gasteiger partial charge in [-0.1, -0.05) is 140 Å². The lowest BCUT2D eigenvalue weighted by Gasteiger charge is -2.33. The summed E-state index contributed by atoms with van der Waals surface area (Å²) in [5.74, 6) is 0. The van der Waals surface area contributed by atoms with Crippen molar-refractivity contribution in [2.24, 2.45) is 0 Å². The lowest BCUT2D eigenvalue weighted by molar-refractivity contribution is -0.0887. The van der Waals surface area contributed by atoms with Crippen molar-refractivity contribution in [3.8, 4) is 0 Å². The highest BCUT2D eigenvalue weighted by molar-refractivity contribution is 7.47. The Hall–Kier alpha value is -1.09. The van der Waals surface area contributed by atoms with Gasteiger partial charge in [-0.3, -0.25) is 9.05 Å². The molecule has 1 N–H and O–H groups in total. The molecule has 284 valence electrons. The zero-order chi connectivity index (χ0) is 35.9. The predicted octanol–water partition coefficient (Wildman–Crippen LogP) is 10.8. The van der Waals surface area contributed by atoms with Gasteiger partial charge in [-0.15, -0.1) is 0 Å². The molecule has 2 aliphatic carbocycles. The third-order valence-electron chi connectivity index (χ3n) is 9.20. The molecule has 0 bridgehead atoms. The van der Waals surface area contributed by atoms with Crippen LogP contribution in [0.15, 0.2) is 48.6 Å². The Morgan fingerprint density at radius 3 is 1.33 bits per heavy atom. The van der Waals surface area contributed by atoms with Gasteiger partial charge < -0.3 is 23.8 Å². The van der Waals surface area contributed by atoms with E-state index in [2.05, 4.69) is 62.5 Å². The first-order valence-electron chi connectivity index (χ1n) is 19.4. The van der Waals surface area contributed by atoms with Crippen LogP contribution in [0.4, 0.5) is 0 Å². The molecule has 0 aromatic heterocycles. The number of phosphoric ester groups is 1. The largest absolute Gasteiger partial charge is 0.472 e. The smallest absolute Gasteiger partial charge is 0.373 e. The second kappa shape index (κ2) is 25.0. The van der Waals surface area contributed by atoms with E-state index < -0.39 is 20.0 Å². The van der Waals surface area contributed by atoms with Crippen molar-refractivity contribution in [3.05, 3.63) is 48.6 Å². The second-order valence-electron chi connectivity index (χ2n) is 14.4. The molecule has 2 aliphatic rings. The van der Waals surface area contributed by atoms with Gasteiger partial charge in [0.1, 0.15) is 0 Å². The lowest BCUT2D eigenvalue weighted by Crippen LogP contribution is -2.35. The number of ether oxygens (including phenoxy) is 4. The fourth-order valence-corrected chi connectivity index (χ4v) is 7.31. The molecule has 0 spiro atoms. The lowest BCUT2D eigenvalue weighted by atomic mass is 9.89. The molecule has 49 heavy (non-hydrogen) atoms. The molecule has 9 heteroatoms. The van der Waals surface area contributed by atoms with Gasteiger partial charge in [0.2, 0.25) is 0 Å². The summed E-state index contributed by atoms with van der Waals surface area (Å²) in [6.45, 7) is 12.9. The first kappa shape index (κ1) is 44.1. The number of hydrogen-bond acceptors (Lipinski definition) is 7. The van der Waals surface area contributed by atoms with E-state index >= 15 is 0 Å². The molecule has 0 heterocycles. The van der Waals surface area contributed by atoms with E-state index in [-0.39, 0.29) is 36.6 Å². The van der Waals surface area contributed by atoms with E-state index in [9.17, 15) is 9.46 Å². The van der Waals surface area contributed by atoms with Gasteiger partial charge in [-0.25, -0.2) is 4.57 Å². The van der Waals surface area contributed by atoms with Crippen LogP contribution in [0.3, 0.4) is 0 Å². The van der Waals surface area contributed by atoms with Crippen LogP contribution in [0.25, 0.3) is 0 Å². The second-order valence-corrected chi connectivity index (χ2v) is 15.7. The van der Waals surface area contributed by atoms with Crippen molar-refractivity contribution in [1.82, 2.24) is 0 Å². The molecule has 0 saturated heterocycles. The van der Waals surface area contributed by atoms with Crippen LogP contribution < -0.4 is 0 Å². The predicted molar refractivity (Wildman–Crippen MR) is 201 cm³/mol. The van der Waals surface area contributed by atoms with Gasteiger partial charge in [-0.05, 0) is 53.4 Å². The summed E-state index contributed by atoms with van der Waals surface area (Å²) in [7, 11) is -4.32. The van der Waals surface area contributed by atoms with Gasteiger partial charge in [0.15, 0.2) is 0 Å². The van der Waals surface area contributed by atoms with Crippen molar-refractivity contribution >= 4 is 7.82 Å². The van der Waals surface area contributed by atoms with Gasteiger partial charge in [0.25, 0.3) is 0 Å². The Balaban J connectivity index is 1.67. The Labute approximate surface area is 299 Å². The first-order valence-corrected chi connectivity index (χ1v) is 20.9. The third kappa shape index (κ3) is 19.9. The summed E-state index contributed by atoms with van der Waals surface area (Å²) in [6, 6.07) is 0. The Kier molecular flexibility index (Phi) is 22.5. The summed E-state index contributed by atoms with van der Waals surface area (Å²) >= 11 is 0. The molecule has 0 amide bonds. The zero-order valence-corrected chi connectivity index (χ0v) is 32.7.